The first-order valence-electron chi connectivity index (χ1n) is 7.31. The smallest absolute Gasteiger partial charge is 0.252 e. The Kier molecular flexibility index (Phi) is 5.76. The van der Waals surface area contributed by atoms with Crippen molar-refractivity contribution in [3.63, 3.8) is 0 Å². The molecule has 0 bridgehead atoms. The first kappa shape index (κ1) is 16.4. The summed E-state index contributed by atoms with van der Waals surface area (Å²) in [6, 6.07) is 5.35. The maximum absolute atomic E-state index is 12.8. The molecule has 7 heteroatoms. The SMILES string of the molecule is CCCCN(CC1CCCN1)S(=O)(=O)c1ccc(C#N)s1. The van der Waals surface area contributed by atoms with E-state index in [4.69, 9.17) is 5.26 Å². The van der Waals surface area contributed by atoms with Gasteiger partial charge in [-0.05, 0) is 37.9 Å². The molecule has 5 nitrogen and oxygen atoms in total. The third kappa shape index (κ3) is 4.04. The molecule has 1 unspecified atom stereocenters. The summed E-state index contributed by atoms with van der Waals surface area (Å²) < 4.78 is 27.4. The van der Waals surface area contributed by atoms with Gasteiger partial charge < -0.3 is 5.32 Å². The highest BCUT2D eigenvalue weighted by molar-refractivity contribution is 7.91. The molecule has 1 aliphatic rings. The van der Waals surface area contributed by atoms with Crippen LogP contribution in [0, 0.1) is 11.3 Å². The van der Waals surface area contributed by atoms with E-state index in [1.54, 1.807) is 16.4 Å². The van der Waals surface area contributed by atoms with Crippen LogP contribution in [0.2, 0.25) is 0 Å². The summed E-state index contributed by atoms with van der Waals surface area (Å²) >= 11 is 1.05. The summed E-state index contributed by atoms with van der Waals surface area (Å²) in [5, 5.41) is 12.2. The quantitative estimate of drug-likeness (QED) is 0.833. The van der Waals surface area contributed by atoms with E-state index >= 15 is 0 Å². The lowest BCUT2D eigenvalue weighted by Crippen LogP contribution is -2.41. The van der Waals surface area contributed by atoms with E-state index in [0.717, 1.165) is 43.6 Å². The average molecular weight is 327 g/mol. The van der Waals surface area contributed by atoms with Gasteiger partial charge in [-0.3, -0.25) is 0 Å². The van der Waals surface area contributed by atoms with Crippen molar-refractivity contribution in [1.29, 1.82) is 5.26 Å². The van der Waals surface area contributed by atoms with Crippen LogP contribution in [0.5, 0.6) is 0 Å². The van der Waals surface area contributed by atoms with Crippen molar-refractivity contribution in [3.8, 4) is 6.07 Å². The predicted molar refractivity (Wildman–Crippen MR) is 83.7 cm³/mol. The molecule has 0 spiro atoms. The van der Waals surface area contributed by atoms with Gasteiger partial charge in [0.05, 0.1) is 0 Å². The van der Waals surface area contributed by atoms with Gasteiger partial charge in [-0.15, -0.1) is 11.3 Å². The van der Waals surface area contributed by atoms with Crippen LogP contribution in [0.15, 0.2) is 16.3 Å². The second kappa shape index (κ2) is 7.36. The highest BCUT2D eigenvalue weighted by Gasteiger charge is 2.29. The van der Waals surface area contributed by atoms with Crippen LogP contribution in [0.25, 0.3) is 0 Å². The molecule has 1 saturated heterocycles. The van der Waals surface area contributed by atoms with Gasteiger partial charge in [-0.2, -0.15) is 9.57 Å². The summed E-state index contributed by atoms with van der Waals surface area (Å²) in [5.74, 6) is 0. The van der Waals surface area contributed by atoms with Crippen LogP contribution >= 0.6 is 11.3 Å². The number of thiophene rings is 1. The third-order valence-electron chi connectivity index (χ3n) is 3.63. The van der Waals surface area contributed by atoms with E-state index in [-0.39, 0.29) is 10.3 Å². The lowest BCUT2D eigenvalue weighted by Gasteiger charge is -2.24. The van der Waals surface area contributed by atoms with Crippen LogP contribution in [0.1, 0.15) is 37.5 Å². The topological polar surface area (TPSA) is 73.2 Å². The van der Waals surface area contributed by atoms with Gasteiger partial charge in [0.15, 0.2) is 0 Å². The largest absolute Gasteiger partial charge is 0.313 e. The molecule has 1 aromatic rings. The van der Waals surface area contributed by atoms with Gasteiger partial charge in [0.2, 0.25) is 0 Å². The molecule has 1 N–H and O–H groups in total. The lowest BCUT2D eigenvalue weighted by atomic mass is 10.2. The van der Waals surface area contributed by atoms with Crippen LogP contribution in [0.4, 0.5) is 0 Å². The highest BCUT2D eigenvalue weighted by Crippen LogP contribution is 2.25. The summed E-state index contributed by atoms with van der Waals surface area (Å²) in [5.41, 5.74) is 0. The number of hydrogen-bond donors (Lipinski definition) is 1. The Morgan fingerprint density at radius 2 is 2.33 bits per heavy atom. The van der Waals surface area contributed by atoms with Crippen LogP contribution in [0.3, 0.4) is 0 Å². The molecule has 0 radical (unpaired) electrons. The number of unbranched alkanes of at least 4 members (excludes halogenated alkanes) is 1. The minimum Gasteiger partial charge on any atom is -0.313 e. The fraction of sp³-hybridized carbons (Fsp3) is 0.643. The number of nitriles is 1. The molecule has 0 aliphatic carbocycles. The van der Waals surface area contributed by atoms with Crippen molar-refractivity contribution in [1.82, 2.24) is 9.62 Å². The highest BCUT2D eigenvalue weighted by atomic mass is 32.2. The van der Waals surface area contributed by atoms with Gasteiger partial charge >= 0.3 is 0 Å². The minimum absolute atomic E-state index is 0.243. The number of nitrogens with zero attached hydrogens (tertiary/aromatic N) is 2. The summed E-state index contributed by atoms with van der Waals surface area (Å²) in [7, 11) is -3.49. The Balaban J connectivity index is 2.18. The molecule has 1 aliphatic heterocycles. The molecule has 0 aromatic carbocycles. The first-order chi connectivity index (χ1) is 10.1. The van der Waals surface area contributed by atoms with Crippen molar-refractivity contribution in [2.24, 2.45) is 0 Å². The van der Waals surface area contributed by atoms with Gasteiger partial charge in [0.25, 0.3) is 10.0 Å². The Labute approximate surface area is 130 Å². The zero-order valence-electron chi connectivity index (χ0n) is 12.2. The van der Waals surface area contributed by atoms with Gasteiger partial charge in [-0.25, -0.2) is 8.42 Å². The van der Waals surface area contributed by atoms with Crippen molar-refractivity contribution >= 4 is 21.4 Å². The second-order valence-electron chi connectivity index (χ2n) is 5.24. The zero-order chi connectivity index (χ0) is 15.3. The average Bonchev–Trinajstić information content (AvgIpc) is 3.14. The van der Waals surface area contributed by atoms with Crippen molar-refractivity contribution < 1.29 is 8.42 Å². The van der Waals surface area contributed by atoms with Crippen LogP contribution in [-0.2, 0) is 10.0 Å². The van der Waals surface area contributed by atoms with Crippen molar-refractivity contribution in [3.05, 3.63) is 17.0 Å². The standard InChI is InChI=1S/C14H21N3O2S2/c1-2-3-9-17(11-12-5-4-8-16-12)21(18,19)14-7-6-13(10-15)20-14/h6-7,12,16H,2-5,8-9,11H2,1H3. The summed E-state index contributed by atoms with van der Waals surface area (Å²) in [4.78, 5) is 0.433. The Morgan fingerprint density at radius 1 is 1.52 bits per heavy atom. The fourth-order valence-electron chi connectivity index (χ4n) is 2.45. The second-order valence-corrected chi connectivity index (χ2v) is 8.49. The number of nitrogens with one attached hydrogen (secondary N) is 1. The van der Waals surface area contributed by atoms with Crippen LogP contribution < -0.4 is 5.32 Å². The van der Waals surface area contributed by atoms with E-state index in [2.05, 4.69) is 12.2 Å². The van der Waals surface area contributed by atoms with E-state index in [1.807, 2.05) is 6.07 Å². The van der Waals surface area contributed by atoms with Crippen molar-refractivity contribution in [2.75, 3.05) is 19.6 Å². The molecule has 1 atom stereocenters. The fourth-order valence-corrected chi connectivity index (χ4v) is 5.23. The van der Waals surface area contributed by atoms with Gasteiger partial charge in [0.1, 0.15) is 15.2 Å². The minimum atomic E-state index is -3.49. The monoisotopic (exact) mass is 327 g/mol. The zero-order valence-corrected chi connectivity index (χ0v) is 13.8. The molecule has 0 amide bonds. The van der Waals surface area contributed by atoms with Gasteiger partial charge in [-0.1, -0.05) is 13.3 Å². The van der Waals surface area contributed by atoms with Crippen molar-refractivity contribution in [2.45, 2.75) is 42.9 Å². The molecule has 0 saturated carbocycles. The lowest BCUT2D eigenvalue weighted by molar-refractivity contribution is 0.365. The Morgan fingerprint density at radius 3 is 2.90 bits per heavy atom. The normalized spacial score (nSPS) is 19.0. The van der Waals surface area contributed by atoms with Gasteiger partial charge in [0, 0.05) is 19.1 Å². The molecule has 1 fully saturated rings. The number of hydrogen-bond acceptors (Lipinski definition) is 5. The maximum atomic E-state index is 12.8. The molecular weight excluding hydrogens is 306 g/mol. The number of rotatable bonds is 7. The molecule has 2 heterocycles. The Hall–Kier alpha value is -0.940. The summed E-state index contributed by atoms with van der Waals surface area (Å²) in [6.07, 6.45) is 3.93. The first-order valence-corrected chi connectivity index (χ1v) is 9.57. The van der Waals surface area contributed by atoms with Crippen LogP contribution in [-0.4, -0.2) is 38.4 Å². The van der Waals surface area contributed by atoms with E-state index < -0.39 is 10.0 Å². The van der Waals surface area contributed by atoms with E-state index in [1.165, 1.54) is 0 Å². The Bertz CT molecular complexity index is 598. The number of sulfonamides is 1. The predicted octanol–water partition coefficient (Wildman–Crippen LogP) is 2.16. The third-order valence-corrected chi connectivity index (χ3v) is 6.96. The molecule has 116 valence electrons. The molecular formula is C14H21N3O2S2. The summed E-state index contributed by atoms with van der Waals surface area (Å²) in [6.45, 7) is 4.07. The molecule has 1 aromatic heterocycles. The molecule has 2 rings (SSSR count). The molecule has 21 heavy (non-hydrogen) atoms. The maximum Gasteiger partial charge on any atom is 0.252 e. The van der Waals surface area contributed by atoms with E-state index in [9.17, 15) is 8.42 Å². The van der Waals surface area contributed by atoms with E-state index in [0.29, 0.717) is 18.0 Å².